The van der Waals surface area contributed by atoms with E-state index < -0.39 is 5.97 Å². The number of nitrogens with one attached hydrogen (secondary N) is 1. The second-order valence-corrected chi connectivity index (χ2v) is 6.69. The number of likely N-dealkylation sites (tertiary alicyclic amines) is 1. The van der Waals surface area contributed by atoms with Gasteiger partial charge in [-0.25, -0.2) is 9.59 Å². The highest BCUT2D eigenvalue weighted by atomic mass is 79.9. The van der Waals surface area contributed by atoms with Gasteiger partial charge in [0.25, 0.3) is 0 Å². The second kappa shape index (κ2) is 7.77. The van der Waals surface area contributed by atoms with Crippen LogP contribution in [0, 0.1) is 0 Å². The zero-order valence-electron chi connectivity index (χ0n) is 11.4. The Morgan fingerprint density at radius 1 is 1.48 bits per heavy atom. The van der Waals surface area contributed by atoms with E-state index in [2.05, 4.69) is 21.2 Å². The normalized spacial score (nSPS) is 16.0. The van der Waals surface area contributed by atoms with Crippen LogP contribution in [0.5, 0.6) is 0 Å². The number of rotatable bonds is 5. The van der Waals surface area contributed by atoms with E-state index in [1.54, 1.807) is 16.2 Å². The molecule has 1 aromatic heterocycles. The van der Waals surface area contributed by atoms with Crippen molar-refractivity contribution in [1.29, 1.82) is 0 Å². The van der Waals surface area contributed by atoms with Crippen LogP contribution in [0.2, 0.25) is 0 Å². The van der Waals surface area contributed by atoms with E-state index in [9.17, 15) is 9.59 Å². The molecule has 0 aromatic carbocycles. The molecule has 2 heterocycles. The van der Waals surface area contributed by atoms with Crippen LogP contribution in [0.1, 0.15) is 17.7 Å². The van der Waals surface area contributed by atoms with Crippen LogP contribution < -0.4 is 5.32 Å². The SMILES string of the molecule is O=C(O)COC1CCN(C(=O)NCc2cc(Br)cs2)CC1. The summed E-state index contributed by atoms with van der Waals surface area (Å²) in [6.07, 6.45) is 1.27. The molecule has 2 amide bonds. The number of carboxylic acids is 1. The van der Waals surface area contributed by atoms with Crippen molar-refractivity contribution in [3.8, 4) is 0 Å². The molecule has 0 saturated carbocycles. The van der Waals surface area contributed by atoms with Crippen LogP contribution in [0.4, 0.5) is 4.79 Å². The fourth-order valence-electron chi connectivity index (χ4n) is 2.14. The van der Waals surface area contributed by atoms with E-state index in [0.29, 0.717) is 32.5 Å². The number of carbonyl (C=O) groups is 2. The molecular formula is C13H17BrN2O4S. The Bertz CT molecular complexity index is 500. The van der Waals surface area contributed by atoms with Gasteiger partial charge >= 0.3 is 12.0 Å². The van der Waals surface area contributed by atoms with Crippen molar-refractivity contribution in [1.82, 2.24) is 10.2 Å². The minimum atomic E-state index is -0.961. The highest BCUT2D eigenvalue weighted by Crippen LogP contribution is 2.19. The second-order valence-electron chi connectivity index (χ2n) is 4.78. The Balaban J connectivity index is 1.69. The molecule has 2 N–H and O–H groups in total. The lowest BCUT2D eigenvalue weighted by molar-refractivity contribution is -0.145. The Morgan fingerprint density at radius 3 is 2.76 bits per heavy atom. The van der Waals surface area contributed by atoms with Crippen molar-refractivity contribution < 1.29 is 19.4 Å². The van der Waals surface area contributed by atoms with Crippen molar-refractivity contribution in [2.24, 2.45) is 0 Å². The number of thiophene rings is 1. The summed E-state index contributed by atoms with van der Waals surface area (Å²) in [5.41, 5.74) is 0. The van der Waals surface area contributed by atoms with E-state index in [0.717, 1.165) is 9.35 Å². The van der Waals surface area contributed by atoms with Gasteiger partial charge in [-0.1, -0.05) is 0 Å². The number of halogens is 1. The molecule has 116 valence electrons. The van der Waals surface area contributed by atoms with Crippen LogP contribution >= 0.6 is 27.3 Å². The molecule has 1 aliphatic rings. The number of piperidine rings is 1. The van der Waals surface area contributed by atoms with Gasteiger partial charge in [0.15, 0.2) is 0 Å². The number of hydrogen-bond donors (Lipinski definition) is 2. The number of hydrogen-bond acceptors (Lipinski definition) is 4. The largest absolute Gasteiger partial charge is 0.480 e. The third-order valence-electron chi connectivity index (χ3n) is 3.21. The molecule has 1 aromatic rings. The number of urea groups is 1. The molecule has 8 heteroatoms. The first kappa shape index (κ1) is 16.3. The van der Waals surface area contributed by atoms with Crippen molar-refractivity contribution in [3.63, 3.8) is 0 Å². The van der Waals surface area contributed by atoms with E-state index in [4.69, 9.17) is 9.84 Å². The summed E-state index contributed by atoms with van der Waals surface area (Å²) in [5, 5.41) is 13.4. The van der Waals surface area contributed by atoms with E-state index >= 15 is 0 Å². The predicted molar refractivity (Wildman–Crippen MR) is 82.4 cm³/mol. The van der Waals surface area contributed by atoms with Gasteiger partial charge < -0.3 is 20.1 Å². The van der Waals surface area contributed by atoms with Crippen molar-refractivity contribution in [3.05, 3.63) is 20.8 Å². The molecule has 0 bridgehead atoms. The summed E-state index contributed by atoms with van der Waals surface area (Å²) in [5.74, 6) is -0.961. The van der Waals surface area contributed by atoms with Gasteiger partial charge in [-0.05, 0) is 34.8 Å². The zero-order chi connectivity index (χ0) is 15.2. The van der Waals surface area contributed by atoms with Gasteiger partial charge in [-0.15, -0.1) is 11.3 Å². The Labute approximate surface area is 135 Å². The predicted octanol–water partition coefficient (Wildman–Crippen LogP) is 2.29. The summed E-state index contributed by atoms with van der Waals surface area (Å²) in [7, 11) is 0. The summed E-state index contributed by atoms with van der Waals surface area (Å²) in [6.45, 7) is 1.42. The van der Waals surface area contributed by atoms with Crippen molar-refractivity contribution in [2.75, 3.05) is 19.7 Å². The van der Waals surface area contributed by atoms with Gasteiger partial charge in [-0.2, -0.15) is 0 Å². The number of nitrogens with zero attached hydrogens (tertiary/aromatic N) is 1. The average Bonchev–Trinajstić information content (AvgIpc) is 2.89. The summed E-state index contributed by atoms with van der Waals surface area (Å²) < 4.78 is 6.26. The average molecular weight is 377 g/mol. The van der Waals surface area contributed by atoms with Gasteiger partial charge in [0.05, 0.1) is 12.6 Å². The zero-order valence-corrected chi connectivity index (χ0v) is 13.8. The quantitative estimate of drug-likeness (QED) is 0.825. The lowest BCUT2D eigenvalue weighted by Gasteiger charge is -2.31. The number of aliphatic carboxylic acids is 1. The lowest BCUT2D eigenvalue weighted by atomic mass is 10.1. The monoisotopic (exact) mass is 376 g/mol. The van der Waals surface area contributed by atoms with Crippen LogP contribution in [-0.2, 0) is 16.1 Å². The Morgan fingerprint density at radius 2 is 2.19 bits per heavy atom. The van der Waals surface area contributed by atoms with Crippen LogP contribution in [-0.4, -0.2) is 47.8 Å². The molecule has 2 rings (SSSR count). The molecule has 1 fully saturated rings. The smallest absolute Gasteiger partial charge is 0.329 e. The molecule has 0 unspecified atom stereocenters. The first-order valence-corrected chi connectivity index (χ1v) is 8.31. The molecule has 6 nitrogen and oxygen atoms in total. The minimum Gasteiger partial charge on any atom is -0.480 e. The summed E-state index contributed by atoms with van der Waals surface area (Å²) >= 11 is 4.97. The Kier molecular flexibility index (Phi) is 6.01. The Hall–Kier alpha value is -1.12. The first-order chi connectivity index (χ1) is 10.0. The van der Waals surface area contributed by atoms with E-state index in [1.807, 2.05) is 11.4 Å². The molecule has 0 spiro atoms. The lowest BCUT2D eigenvalue weighted by Crippen LogP contribution is -2.45. The maximum atomic E-state index is 12.0. The van der Waals surface area contributed by atoms with Crippen molar-refractivity contribution >= 4 is 39.3 Å². The molecular weight excluding hydrogens is 360 g/mol. The number of carboxylic acid groups (broad SMARTS) is 1. The van der Waals surface area contributed by atoms with Crippen LogP contribution in [0.25, 0.3) is 0 Å². The van der Waals surface area contributed by atoms with Gasteiger partial charge in [0.2, 0.25) is 0 Å². The fourth-order valence-corrected chi connectivity index (χ4v) is 3.53. The van der Waals surface area contributed by atoms with Gasteiger partial charge in [-0.3, -0.25) is 0 Å². The van der Waals surface area contributed by atoms with E-state index in [-0.39, 0.29) is 18.7 Å². The summed E-state index contributed by atoms with van der Waals surface area (Å²) in [4.78, 5) is 25.3. The van der Waals surface area contributed by atoms with Gasteiger partial charge in [0, 0.05) is 27.8 Å². The molecule has 21 heavy (non-hydrogen) atoms. The standard InChI is InChI=1S/C13H17BrN2O4S/c14-9-5-11(21-8-9)6-15-13(19)16-3-1-10(2-4-16)20-7-12(17)18/h5,8,10H,1-4,6-7H2,(H,15,19)(H,17,18). The molecule has 0 aliphatic carbocycles. The minimum absolute atomic E-state index is 0.0709. The van der Waals surface area contributed by atoms with Crippen LogP contribution in [0.3, 0.4) is 0 Å². The highest BCUT2D eigenvalue weighted by Gasteiger charge is 2.23. The topological polar surface area (TPSA) is 78.9 Å². The first-order valence-electron chi connectivity index (χ1n) is 6.63. The van der Waals surface area contributed by atoms with E-state index in [1.165, 1.54) is 0 Å². The van der Waals surface area contributed by atoms with Gasteiger partial charge in [0.1, 0.15) is 6.61 Å². The number of carbonyl (C=O) groups excluding carboxylic acids is 1. The number of amides is 2. The maximum absolute atomic E-state index is 12.0. The molecule has 0 radical (unpaired) electrons. The van der Waals surface area contributed by atoms with Crippen LogP contribution in [0.15, 0.2) is 15.9 Å². The molecule has 0 atom stereocenters. The third-order valence-corrected chi connectivity index (χ3v) is 4.90. The number of ether oxygens (including phenoxy) is 1. The molecule has 1 saturated heterocycles. The van der Waals surface area contributed by atoms with Crippen molar-refractivity contribution in [2.45, 2.75) is 25.5 Å². The third kappa shape index (κ3) is 5.29. The highest BCUT2D eigenvalue weighted by molar-refractivity contribution is 9.10. The molecule has 1 aliphatic heterocycles. The fraction of sp³-hybridized carbons (Fsp3) is 0.538. The summed E-state index contributed by atoms with van der Waals surface area (Å²) in [6, 6.07) is 1.90. The maximum Gasteiger partial charge on any atom is 0.329 e.